The topological polar surface area (TPSA) is 50.4 Å². The second-order valence-corrected chi connectivity index (χ2v) is 5.62. The van der Waals surface area contributed by atoms with Crippen LogP contribution in [0.15, 0.2) is 24.3 Å². The summed E-state index contributed by atoms with van der Waals surface area (Å²) in [7, 11) is 0. The van der Waals surface area contributed by atoms with Crippen LogP contribution in [-0.4, -0.2) is 32.1 Å². The normalized spacial score (nSPS) is 17.2. The van der Waals surface area contributed by atoms with E-state index in [2.05, 4.69) is 10.6 Å². The highest BCUT2D eigenvalue weighted by molar-refractivity contribution is 5.85. The molecule has 0 aromatic heterocycles. The van der Waals surface area contributed by atoms with Gasteiger partial charge in [0.2, 0.25) is 5.91 Å². The molecule has 1 unspecified atom stereocenters. The van der Waals surface area contributed by atoms with Gasteiger partial charge in [0.1, 0.15) is 12.4 Å². The van der Waals surface area contributed by atoms with Gasteiger partial charge in [-0.3, -0.25) is 4.79 Å². The number of hydrogen-bond donors (Lipinski definition) is 2. The quantitative estimate of drug-likeness (QED) is 0.729. The smallest absolute Gasteiger partial charge is 0.416 e. The maximum Gasteiger partial charge on any atom is 0.416 e. The molecule has 0 saturated carbocycles. The number of alkyl halides is 3. The molecule has 0 bridgehead atoms. The van der Waals surface area contributed by atoms with Gasteiger partial charge in [-0.25, -0.2) is 0 Å². The van der Waals surface area contributed by atoms with Crippen LogP contribution in [0.3, 0.4) is 0 Å². The lowest BCUT2D eigenvalue weighted by Gasteiger charge is -2.11. The van der Waals surface area contributed by atoms with Gasteiger partial charge in [-0.1, -0.05) is 6.07 Å². The van der Waals surface area contributed by atoms with Crippen molar-refractivity contribution < 1.29 is 22.7 Å². The van der Waals surface area contributed by atoms with Gasteiger partial charge in [-0.05, 0) is 50.0 Å². The molecule has 4 nitrogen and oxygen atoms in total. The average Bonchev–Trinajstić information content (AvgIpc) is 3.02. The third-order valence-corrected chi connectivity index (χ3v) is 3.80. The lowest BCUT2D eigenvalue weighted by atomic mass is 10.0. The van der Waals surface area contributed by atoms with Crippen molar-refractivity contribution in [2.24, 2.45) is 5.92 Å². The summed E-state index contributed by atoms with van der Waals surface area (Å²) in [5.74, 6) is 0.651. The number of rotatable bonds is 7. The van der Waals surface area contributed by atoms with Gasteiger partial charge >= 0.3 is 6.18 Å². The number of hydrogen-bond acceptors (Lipinski definition) is 3. The Morgan fingerprint density at radius 1 is 1.38 bits per heavy atom. The molecule has 1 aliphatic heterocycles. The predicted molar refractivity (Wildman–Crippen MR) is 87.4 cm³/mol. The summed E-state index contributed by atoms with van der Waals surface area (Å²) in [5.41, 5.74) is -0.746. The van der Waals surface area contributed by atoms with Gasteiger partial charge in [0.15, 0.2) is 0 Å². The molecule has 0 spiro atoms. The van der Waals surface area contributed by atoms with Crippen LogP contribution in [-0.2, 0) is 11.0 Å². The van der Waals surface area contributed by atoms with Crippen molar-refractivity contribution >= 4 is 18.3 Å². The highest BCUT2D eigenvalue weighted by atomic mass is 35.5. The third-order valence-electron chi connectivity index (χ3n) is 3.80. The molecule has 1 aliphatic rings. The van der Waals surface area contributed by atoms with E-state index in [0.717, 1.165) is 38.1 Å². The first-order valence-electron chi connectivity index (χ1n) is 7.72. The van der Waals surface area contributed by atoms with Crippen LogP contribution in [0.1, 0.15) is 24.8 Å². The lowest BCUT2D eigenvalue weighted by Crippen LogP contribution is -2.28. The molecule has 1 atom stereocenters. The Morgan fingerprint density at radius 2 is 2.17 bits per heavy atom. The Morgan fingerprint density at radius 3 is 2.83 bits per heavy atom. The summed E-state index contributed by atoms with van der Waals surface area (Å²) in [6.45, 7) is 2.39. The van der Waals surface area contributed by atoms with Gasteiger partial charge in [-0.15, -0.1) is 12.4 Å². The maximum atomic E-state index is 12.6. The van der Waals surface area contributed by atoms with Crippen molar-refractivity contribution in [3.63, 3.8) is 0 Å². The van der Waals surface area contributed by atoms with E-state index in [1.807, 2.05) is 0 Å². The number of ether oxygens (including phenoxy) is 1. The Kier molecular flexibility index (Phi) is 8.35. The minimum absolute atomic E-state index is 0. The highest BCUT2D eigenvalue weighted by Gasteiger charge is 2.30. The minimum atomic E-state index is -4.39. The molecule has 1 heterocycles. The van der Waals surface area contributed by atoms with Crippen molar-refractivity contribution in [2.45, 2.75) is 25.4 Å². The summed E-state index contributed by atoms with van der Waals surface area (Å²) in [6.07, 6.45) is -1.96. The van der Waals surface area contributed by atoms with E-state index < -0.39 is 11.7 Å². The average molecular weight is 367 g/mol. The number of nitrogens with one attached hydrogen (secondary N) is 2. The van der Waals surface area contributed by atoms with Crippen molar-refractivity contribution in [1.29, 1.82) is 0 Å². The second kappa shape index (κ2) is 9.74. The van der Waals surface area contributed by atoms with Crippen molar-refractivity contribution in [1.82, 2.24) is 10.6 Å². The Bertz CT molecular complexity index is 520. The van der Waals surface area contributed by atoms with Crippen LogP contribution in [0.5, 0.6) is 5.75 Å². The summed E-state index contributed by atoms with van der Waals surface area (Å²) in [4.78, 5) is 11.7. The first-order chi connectivity index (χ1) is 10.9. The second-order valence-electron chi connectivity index (χ2n) is 5.62. The lowest BCUT2D eigenvalue weighted by molar-refractivity contribution is -0.137. The molecule has 2 N–H and O–H groups in total. The summed E-state index contributed by atoms with van der Waals surface area (Å²) in [5, 5.41) is 5.96. The molecule has 1 saturated heterocycles. The van der Waals surface area contributed by atoms with E-state index in [0.29, 0.717) is 12.3 Å². The molecule has 24 heavy (non-hydrogen) atoms. The van der Waals surface area contributed by atoms with E-state index in [1.54, 1.807) is 0 Å². The van der Waals surface area contributed by atoms with Crippen LogP contribution in [0.25, 0.3) is 0 Å². The Labute approximate surface area is 145 Å². The molecular formula is C16H22ClF3N2O2. The van der Waals surface area contributed by atoms with E-state index >= 15 is 0 Å². The standard InChI is InChI=1S/C16H21F3N2O2.ClH/c17-16(18,19)13-2-1-3-14(10-13)23-9-8-21-15(22)5-4-12-6-7-20-11-12;/h1-3,10,12,20H,4-9,11H2,(H,21,22);1H. The first kappa shape index (κ1) is 20.6. The van der Waals surface area contributed by atoms with Gasteiger partial charge in [0.25, 0.3) is 0 Å². The van der Waals surface area contributed by atoms with Gasteiger partial charge in [0, 0.05) is 6.42 Å². The zero-order valence-corrected chi connectivity index (χ0v) is 14.0. The van der Waals surface area contributed by atoms with E-state index in [9.17, 15) is 18.0 Å². The number of halogens is 4. The SMILES string of the molecule is Cl.O=C(CCC1CCNC1)NCCOc1cccc(C(F)(F)F)c1. The van der Waals surface area contributed by atoms with Crippen LogP contribution >= 0.6 is 12.4 Å². The fourth-order valence-electron chi connectivity index (χ4n) is 2.51. The first-order valence-corrected chi connectivity index (χ1v) is 7.72. The zero-order valence-electron chi connectivity index (χ0n) is 13.2. The summed E-state index contributed by atoms with van der Waals surface area (Å²) >= 11 is 0. The molecule has 136 valence electrons. The largest absolute Gasteiger partial charge is 0.492 e. The summed E-state index contributed by atoms with van der Waals surface area (Å²) in [6, 6.07) is 4.71. The molecule has 0 aliphatic carbocycles. The van der Waals surface area contributed by atoms with Crippen molar-refractivity contribution in [3.8, 4) is 5.75 Å². The summed E-state index contributed by atoms with van der Waals surface area (Å²) < 4.78 is 42.9. The van der Waals surface area contributed by atoms with Crippen LogP contribution < -0.4 is 15.4 Å². The number of carbonyl (C=O) groups excluding carboxylic acids is 1. The maximum absolute atomic E-state index is 12.6. The molecule has 8 heteroatoms. The fourth-order valence-corrected chi connectivity index (χ4v) is 2.51. The van der Waals surface area contributed by atoms with Gasteiger partial charge < -0.3 is 15.4 Å². The highest BCUT2D eigenvalue weighted by Crippen LogP contribution is 2.31. The zero-order chi connectivity index (χ0) is 16.7. The molecule has 1 fully saturated rings. The molecule has 1 aromatic carbocycles. The van der Waals surface area contributed by atoms with Crippen molar-refractivity contribution in [3.05, 3.63) is 29.8 Å². The molecule has 1 aromatic rings. The van der Waals surface area contributed by atoms with Crippen LogP contribution in [0.4, 0.5) is 13.2 Å². The molecule has 1 amide bonds. The molecular weight excluding hydrogens is 345 g/mol. The minimum Gasteiger partial charge on any atom is -0.492 e. The number of carbonyl (C=O) groups is 1. The van der Waals surface area contributed by atoms with Crippen molar-refractivity contribution in [2.75, 3.05) is 26.2 Å². The van der Waals surface area contributed by atoms with Crippen LogP contribution in [0, 0.1) is 5.92 Å². The molecule has 0 radical (unpaired) electrons. The van der Waals surface area contributed by atoms with E-state index in [-0.39, 0.29) is 37.2 Å². The molecule has 2 rings (SSSR count). The Hall–Kier alpha value is -1.47. The van der Waals surface area contributed by atoms with Crippen LogP contribution in [0.2, 0.25) is 0 Å². The van der Waals surface area contributed by atoms with E-state index in [1.165, 1.54) is 12.1 Å². The van der Waals surface area contributed by atoms with Gasteiger partial charge in [-0.2, -0.15) is 13.2 Å². The van der Waals surface area contributed by atoms with Gasteiger partial charge in [0.05, 0.1) is 12.1 Å². The Balaban J connectivity index is 0.00000288. The number of benzene rings is 1. The fraction of sp³-hybridized carbons (Fsp3) is 0.562. The van der Waals surface area contributed by atoms with E-state index in [4.69, 9.17) is 4.74 Å². The monoisotopic (exact) mass is 366 g/mol. The number of amides is 1. The third kappa shape index (κ3) is 6.97. The predicted octanol–water partition coefficient (Wildman–Crippen LogP) is 3.01.